The molecule has 35 heavy (non-hydrogen) atoms. The van der Waals surface area contributed by atoms with Gasteiger partial charge in [-0.2, -0.15) is 26.3 Å². The van der Waals surface area contributed by atoms with Gasteiger partial charge >= 0.3 is 12.4 Å². The van der Waals surface area contributed by atoms with E-state index in [9.17, 15) is 41.7 Å². The standard InChI is InChI=1S/C25H24F6O3S/c1-14-4-3-5-19(22(14)23(34,24(26,27)28)25(29,30)31)21-15(2)13-35-20(21)9-7-16-6-8-17(11-32)18(10-16)12-33/h3-6,8,10,13,32-34H,7,9,11-12H2,1-2H3. The quantitative estimate of drug-likeness (QED) is 0.331. The average molecular weight is 519 g/mol. The summed E-state index contributed by atoms with van der Waals surface area (Å²) in [6.07, 6.45) is -11.3. The predicted octanol–water partition coefficient (Wildman–Crippen LogP) is 6.11. The van der Waals surface area contributed by atoms with Crippen molar-refractivity contribution in [2.24, 2.45) is 0 Å². The normalized spacial score (nSPS) is 12.9. The number of aryl methyl sites for hydroxylation is 4. The Morgan fingerprint density at radius 1 is 0.800 bits per heavy atom. The molecule has 0 unspecified atom stereocenters. The highest BCUT2D eigenvalue weighted by Crippen LogP contribution is 2.54. The summed E-state index contributed by atoms with van der Waals surface area (Å²) in [5.74, 6) is 0. The van der Waals surface area contributed by atoms with Gasteiger partial charge in [0.15, 0.2) is 0 Å². The molecule has 3 nitrogen and oxygen atoms in total. The van der Waals surface area contributed by atoms with Crippen LogP contribution in [0.3, 0.4) is 0 Å². The number of aliphatic hydroxyl groups excluding tert-OH is 2. The average Bonchev–Trinajstić information content (AvgIpc) is 3.15. The third-order valence-corrected chi connectivity index (χ3v) is 7.19. The first kappa shape index (κ1) is 27.2. The van der Waals surface area contributed by atoms with Crippen molar-refractivity contribution in [3.63, 3.8) is 0 Å². The maximum atomic E-state index is 13.8. The van der Waals surface area contributed by atoms with Gasteiger partial charge in [-0.3, -0.25) is 0 Å². The summed E-state index contributed by atoms with van der Waals surface area (Å²) in [6.45, 7) is 2.18. The van der Waals surface area contributed by atoms with Crippen molar-refractivity contribution in [1.82, 2.24) is 0 Å². The van der Waals surface area contributed by atoms with Gasteiger partial charge in [0.05, 0.1) is 13.2 Å². The highest BCUT2D eigenvalue weighted by atomic mass is 32.1. The summed E-state index contributed by atoms with van der Waals surface area (Å²) in [5.41, 5.74) is -4.30. The Morgan fingerprint density at radius 3 is 2.00 bits per heavy atom. The second-order valence-corrected chi connectivity index (χ2v) is 9.30. The molecule has 0 aliphatic carbocycles. The van der Waals surface area contributed by atoms with Gasteiger partial charge in [-0.1, -0.05) is 36.4 Å². The highest BCUT2D eigenvalue weighted by molar-refractivity contribution is 7.10. The van der Waals surface area contributed by atoms with E-state index in [1.165, 1.54) is 23.5 Å². The van der Waals surface area contributed by atoms with E-state index in [4.69, 9.17) is 0 Å². The van der Waals surface area contributed by atoms with E-state index in [2.05, 4.69) is 0 Å². The zero-order chi connectivity index (χ0) is 26.2. The number of hydrogen-bond donors (Lipinski definition) is 3. The minimum Gasteiger partial charge on any atom is -0.392 e. The fourth-order valence-corrected chi connectivity index (χ4v) is 5.28. The van der Waals surface area contributed by atoms with Gasteiger partial charge < -0.3 is 15.3 Å². The number of aliphatic hydroxyl groups is 3. The van der Waals surface area contributed by atoms with Gasteiger partial charge in [0.1, 0.15) is 0 Å². The molecule has 3 aromatic rings. The molecule has 0 amide bonds. The molecule has 2 aromatic carbocycles. The molecule has 190 valence electrons. The third-order valence-electron chi connectivity index (χ3n) is 6.03. The molecule has 0 atom stereocenters. The van der Waals surface area contributed by atoms with Crippen LogP contribution in [0.4, 0.5) is 26.3 Å². The minimum atomic E-state index is -5.99. The van der Waals surface area contributed by atoms with Crippen molar-refractivity contribution in [2.75, 3.05) is 0 Å². The Bertz CT molecular complexity index is 1180. The fourth-order valence-electron chi connectivity index (χ4n) is 4.24. The van der Waals surface area contributed by atoms with Crippen LogP contribution in [-0.2, 0) is 31.7 Å². The molecule has 0 spiro atoms. The van der Waals surface area contributed by atoms with E-state index < -0.39 is 23.5 Å². The van der Waals surface area contributed by atoms with Crippen molar-refractivity contribution in [2.45, 2.75) is 57.9 Å². The van der Waals surface area contributed by atoms with Crippen LogP contribution in [0.25, 0.3) is 11.1 Å². The zero-order valence-corrected chi connectivity index (χ0v) is 19.7. The molecule has 0 aliphatic heterocycles. The summed E-state index contributed by atoms with van der Waals surface area (Å²) in [5, 5.41) is 30.7. The first-order chi connectivity index (χ1) is 16.3. The van der Waals surface area contributed by atoms with Gasteiger partial charge in [-0.25, -0.2) is 0 Å². The topological polar surface area (TPSA) is 60.7 Å². The Hall–Kier alpha value is -2.40. The van der Waals surface area contributed by atoms with Crippen LogP contribution in [0, 0.1) is 13.8 Å². The molecule has 3 rings (SSSR count). The SMILES string of the molecule is Cc1csc(CCc2ccc(CO)c(CO)c2)c1-c1cccc(C)c1C(O)(C(F)(F)F)C(F)(F)F. The summed E-state index contributed by atoms with van der Waals surface area (Å²) in [6, 6.07) is 8.76. The first-order valence-electron chi connectivity index (χ1n) is 10.6. The predicted molar refractivity (Wildman–Crippen MR) is 121 cm³/mol. The van der Waals surface area contributed by atoms with Crippen LogP contribution in [0.5, 0.6) is 0 Å². The number of thiophene rings is 1. The Balaban J connectivity index is 2.11. The fraction of sp³-hybridized carbons (Fsp3) is 0.360. The van der Waals surface area contributed by atoms with Crippen LogP contribution in [0.2, 0.25) is 0 Å². The van der Waals surface area contributed by atoms with E-state index in [0.29, 0.717) is 34.4 Å². The molecule has 0 aliphatic rings. The number of halogens is 6. The van der Waals surface area contributed by atoms with Gasteiger partial charge in [0.25, 0.3) is 5.60 Å². The maximum absolute atomic E-state index is 13.8. The lowest BCUT2D eigenvalue weighted by Gasteiger charge is -2.35. The highest BCUT2D eigenvalue weighted by Gasteiger charge is 2.72. The Kier molecular flexibility index (Phi) is 7.71. The molecule has 1 heterocycles. The number of hydrogen-bond acceptors (Lipinski definition) is 4. The van der Waals surface area contributed by atoms with E-state index >= 15 is 0 Å². The van der Waals surface area contributed by atoms with E-state index in [1.807, 2.05) is 0 Å². The van der Waals surface area contributed by atoms with Crippen molar-refractivity contribution in [3.8, 4) is 11.1 Å². The minimum absolute atomic E-state index is 0.231. The smallest absolute Gasteiger partial charge is 0.392 e. The molecule has 3 N–H and O–H groups in total. The molecule has 0 saturated heterocycles. The van der Waals surface area contributed by atoms with Gasteiger partial charge in [-0.15, -0.1) is 11.3 Å². The lowest BCUT2D eigenvalue weighted by molar-refractivity contribution is -0.376. The van der Waals surface area contributed by atoms with E-state index in [-0.39, 0.29) is 29.9 Å². The summed E-state index contributed by atoms with van der Waals surface area (Å²) in [4.78, 5) is 0.567. The Morgan fingerprint density at radius 2 is 1.43 bits per heavy atom. The molecule has 0 radical (unpaired) electrons. The van der Waals surface area contributed by atoms with Crippen molar-refractivity contribution in [3.05, 3.63) is 80.0 Å². The molecule has 1 aromatic heterocycles. The van der Waals surface area contributed by atoms with Crippen LogP contribution in [0.1, 0.15) is 38.3 Å². The van der Waals surface area contributed by atoms with Crippen molar-refractivity contribution in [1.29, 1.82) is 0 Å². The molecular formula is C25H24F6O3S. The molecule has 0 saturated carbocycles. The monoisotopic (exact) mass is 518 g/mol. The largest absolute Gasteiger partial charge is 0.430 e. The lowest BCUT2D eigenvalue weighted by atomic mass is 9.81. The summed E-state index contributed by atoms with van der Waals surface area (Å²) < 4.78 is 82.7. The summed E-state index contributed by atoms with van der Waals surface area (Å²) in [7, 11) is 0. The van der Waals surface area contributed by atoms with E-state index in [0.717, 1.165) is 18.6 Å². The third kappa shape index (κ3) is 4.97. The van der Waals surface area contributed by atoms with Crippen LogP contribution >= 0.6 is 11.3 Å². The van der Waals surface area contributed by atoms with Crippen molar-refractivity contribution < 1.29 is 41.7 Å². The second-order valence-electron chi connectivity index (χ2n) is 8.34. The van der Waals surface area contributed by atoms with Crippen LogP contribution in [0.15, 0.2) is 41.8 Å². The number of rotatable bonds is 7. The van der Waals surface area contributed by atoms with E-state index in [1.54, 1.807) is 30.5 Å². The molecule has 0 bridgehead atoms. The van der Waals surface area contributed by atoms with Crippen LogP contribution in [-0.4, -0.2) is 27.7 Å². The second kappa shape index (κ2) is 9.93. The van der Waals surface area contributed by atoms with Gasteiger partial charge in [-0.05, 0) is 71.0 Å². The van der Waals surface area contributed by atoms with Crippen LogP contribution < -0.4 is 0 Å². The number of alkyl halides is 6. The van der Waals surface area contributed by atoms with Crippen molar-refractivity contribution >= 4 is 11.3 Å². The molecule has 10 heteroatoms. The Labute approximate surface area is 202 Å². The first-order valence-corrected chi connectivity index (χ1v) is 11.5. The molecule has 0 fully saturated rings. The van der Waals surface area contributed by atoms with Gasteiger partial charge in [0, 0.05) is 10.4 Å². The zero-order valence-electron chi connectivity index (χ0n) is 18.9. The maximum Gasteiger partial charge on any atom is 0.430 e. The van der Waals surface area contributed by atoms with Gasteiger partial charge in [0.2, 0.25) is 0 Å². The number of benzene rings is 2. The molecular weight excluding hydrogens is 494 g/mol. The lowest BCUT2D eigenvalue weighted by Crippen LogP contribution is -2.54. The summed E-state index contributed by atoms with van der Waals surface area (Å²) >= 11 is 1.21.